The van der Waals surface area contributed by atoms with E-state index in [-0.39, 0.29) is 17.5 Å². The Morgan fingerprint density at radius 3 is 2.41 bits per heavy atom. The van der Waals surface area contributed by atoms with Crippen molar-refractivity contribution in [2.75, 3.05) is 11.4 Å². The fraction of sp³-hybridized carbons (Fsp3) is 0.235. The van der Waals surface area contributed by atoms with Crippen LogP contribution in [0.3, 0.4) is 0 Å². The zero-order valence-electron chi connectivity index (χ0n) is 12.4. The maximum absolute atomic E-state index is 13.1. The van der Waals surface area contributed by atoms with Gasteiger partial charge in [0.1, 0.15) is 17.4 Å². The quantitative estimate of drug-likeness (QED) is 0.841. The lowest BCUT2D eigenvalue weighted by Crippen LogP contribution is -2.40. The molecule has 0 aliphatic rings. The fourth-order valence-electron chi connectivity index (χ4n) is 2.10. The summed E-state index contributed by atoms with van der Waals surface area (Å²) in [6.45, 7) is 3.83. The van der Waals surface area contributed by atoms with Crippen molar-refractivity contribution in [1.29, 1.82) is 0 Å². The van der Waals surface area contributed by atoms with Gasteiger partial charge in [-0.15, -0.1) is 0 Å². The summed E-state index contributed by atoms with van der Waals surface area (Å²) in [4.78, 5) is 14.0. The summed E-state index contributed by atoms with van der Waals surface area (Å²) >= 11 is 0. The van der Waals surface area contributed by atoms with E-state index in [1.54, 1.807) is 13.0 Å². The minimum Gasteiger partial charge on any atom is -0.481 e. The van der Waals surface area contributed by atoms with Gasteiger partial charge in [0.2, 0.25) is 0 Å². The van der Waals surface area contributed by atoms with Crippen molar-refractivity contribution in [2.24, 2.45) is 0 Å². The minimum absolute atomic E-state index is 0.279. The molecule has 1 atom stereocenters. The maximum Gasteiger partial charge on any atom is 0.267 e. The first-order chi connectivity index (χ1) is 10.5. The van der Waals surface area contributed by atoms with E-state index in [0.717, 1.165) is 0 Å². The van der Waals surface area contributed by atoms with Gasteiger partial charge in [-0.1, -0.05) is 6.07 Å². The molecule has 2 aromatic carbocycles. The topological polar surface area (TPSA) is 29.5 Å². The summed E-state index contributed by atoms with van der Waals surface area (Å²) in [5.41, 5.74) is 0.587. The fourth-order valence-corrected chi connectivity index (χ4v) is 2.10. The van der Waals surface area contributed by atoms with E-state index in [4.69, 9.17) is 4.74 Å². The van der Waals surface area contributed by atoms with Crippen LogP contribution in [0.2, 0.25) is 0 Å². The number of ether oxygens (including phenoxy) is 1. The summed E-state index contributed by atoms with van der Waals surface area (Å²) < 4.78 is 31.6. The molecular weight excluding hydrogens is 288 g/mol. The Bertz CT molecular complexity index is 643. The number of halogens is 2. The van der Waals surface area contributed by atoms with Crippen LogP contribution in [-0.2, 0) is 4.79 Å². The molecule has 1 amide bonds. The van der Waals surface area contributed by atoms with Crippen molar-refractivity contribution in [3.8, 4) is 5.75 Å². The van der Waals surface area contributed by atoms with Gasteiger partial charge in [-0.2, -0.15) is 0 Å². The van der Waals surface area contributed by atoms with Gasteiger partial charge in [-0.25, -0.2) is 8.78 Å². The molecule has 0 fully saturated rings. The summed E-state index contributed by atoms with van der Waals surface area (Å²) in [7, 11) is 0. The highest BCUT2D eigenvalue weighted by atomic mass is 19.1. The van der Waals surface area contributed by atoms with Gasteiger partial charge in [0, 0.05) is 18.3 Å². The number of likely N-dealkylation sites (N-methyl/N-ethyl adjacent to an activating group) is 1. The van der Waals surface area contributed by atoms with Crippen LogP contribution >= 0.6 is 0 Å². The Morgan fingerprint density at radius 1 is 1.14 bits per heavy atom. The number of hydrogen-bond donors (Lipinski definition) is 0. The number of benzene rings is 2. The highest BCUT2D eigenvalue weighted by Gasteiger charge is 2.22. The van der Waals surface area contributed by atoms with Gasteiger partial charge in [0.15, 0.2) is 6.10 Å². The van der Waals surface area contributed by atoms with Crippen molar-refractivity contribution in [2.45, 2.75) is 20.0 Å². The van der Waals surface area contributed by atoms with Gasteiger partial charge >= 0.3 is 0 Å². The van der Waals surface area contributed by atoms with Crippen LogP contribution in [0, 0.1) is 11.6 Å². The first-order valence-corrected chi connectivity index (χ1v) is 7.00. The van der Waals surface area contributed by atoms with Crippen molar-refractivity contribution >= 4 is 11.6 Å². The Kier molecular flexibility index (Phi) is 5.09. The molecule has 0 N–H and O–H groups in total. The molecule has 0 heterocycles. The highest BCUT2D eigenvalue weighted by Crippen LogP contribution is 2.19. The van der Waals surface area contributed by atoms with Crippen molar-refractivity contribution in [1.82, 2.24) is 0 Å². The molecule has 0 saturated carbocycles. The monoisotopic (exact) mass is 305 g/mol. The third-order valence-corrected chi connectivity index (χ3v) is 3.18. The van der Waals surface area contributed by atoms with E-state index in [1.807, 2.05) is 6.92 Å². The zero-order chi connectivity index (χ0) is 16.1. The standard InChI is InChI=1S/C17H17F2NO2/c1-3-20(15-9-7-13(18)8-10-15)17(21)12(2)22-16-6-4-5-14(19)11-16/h4-12H,3H2,1-2H3. The first-order valence-electron chi connectivity index (χ1n) is 7.00. The third kappa shape index (κ3) is 3.81. The summed E-state index contributed by atoms with van der Waals surface area (Å²) in [5.74, 6) is -0.784. The number of rotatable bonds is 5. The van der Waals surface area contributed by atoms with Crippen molar-refractivity contribution < 1.29 is 18.3 Å². The molecule has 0 spiro atoms. The summed E-state index contributed by atoms with van der Waals surface area (Å²) in [5, 5.41) is 0. The molecule has 0 aromatic heterocycles. The smallest absolute Gasteiger partial charge is 0.267 e. The largest absolute Gasteiger partial charge is 0.481 e. The minimum atomic E-state index is -0.785. The first kappa shape index (κ1) is 15.9. The van der Waals surface area contributed by atoms with E-state index >= 15 is 0 Å². The molecule has 5 heteroatoms. The van der Waals surface area contributed by atoms with Crippen LogP contribution in [0.25, 0.3) is 0 Å². The second-order valence-electron chi connectivity index (χ2n) is 4.78. The third-order valence-electron chi connectivity index (χ3n) is 3.18. The van der Waals surface area contributed by atoms with Gasteiger partial charge in [-0.05, 0) is 50.2 Å². The van der Waals surface area contributed by atoms with Gasteiger partial charge in [-0.3, -0.25) is 4.79 Å². The van der Waals surface area contributed by atoms with E-state index in [1.165, 1.54) is 47.4 Å². The lowest BCUT2D eigenvalue weighted by molar-refractivity contribution is -0.124. The highest BCUT2D eigenvalue weighted by molar-refractivity contribution is 5.96. The average molecular weight is 305 g/mol. The Hall–Kier alpha value is -2.43. The Morgan fingerprint density at radius 2 is 1.82 bits per heavy atom. The number of anilines is 1. The number of nitrogens with zero attached hydrogens (tertiary/aromatic N) is 1. The number of hydrogen-bond acceptors (Lipinski definition) is 2. The van der Waals surface area contributed by atoms with Crippen LogP contribution < -0.4 is 9.64 Å². The Labute approximate surface area is 128 Å². The average Bonchev–Trinajstić information content (AvgIpc) is 2.49. The molecule has 116 valence electrons. The van der Waals surface area contributed by atoms with E-state index in [9.17, 15) is 13.6 Å². The normalized spacial score (nSPS) is 11.8. The number of carbonyl (C=O) groups excluding carboxylic acids is 1. The van der Waals surface area contributed by atoms with Crippen LogP contribution in [0.1, 0.15) is 13.8 Å². The molecule has 2 aromatic rings. The lowest BCUT2D eigenvalue weighted by Gasteiger charge is -2.25. The van der Waals surface area contributed by atoms with Crippen LogP contribution in [-0.4, -0.2) is 18.6 Å². The molecule has 1 unspecified atom stereocenters. The molecule has 0 saturated heterocycles. The predicted molar refractivity (Wildman–Crippen MR) is 80.9 cm³/mol. The number of amides is 1. The van der Waals surface area contributed by atoms with Crippen molar-refractivity contribution in [3.05, 3.63) is 60.2 Å². The molecule has 3 nitrogen and oxygen atoms in total. The van der Waals surface area contributed by atoms with Crippen LogP contribution in [0.4, 0.5) is 14.5 Å². The van der Waals surface area contributed by atoms with Crippen molar-refractivity contribution in [3.63, 3.8) is 0 Å². The summed E-state index contributed by atoms with van der Waals surface area (Å²) in [6, 6.07) is 11.3. The summed E-state index contributed by atoms with van der Waals surface area (Å²) in [6.07, 6.45) is -0.785. The van der Waals surface area contributed by atoms with Gasteiger partial charge < -0.3 is 9.64 Å². The number of carbonyl (C=O) groups is 1. The molecule has 2 rings (SSSR count). The molecule has 0 aliphatic heterocycles. The van der Waals surface area contributed by atoms with Crippen LogP contribution in [0.5, 0.6) is 5.75 Å². The van der Waals surface area contributed by atoms with E-state index in [2.05, 4.69) is 0 Å². The SMILES string of the molecule is CCN(C(=O)C(C)Oc1cccc(F)c1)c1ccc(F)cc1. The second kappa shape index (κ2) is 7.02. The zero-order valence-corrected chi connectivity index (χ0v) is 12.4. The predicted octanol–water partition coefficient (Wildman–Crippen LogP) is 3.79. The molecular formula is C17H17F2NO2. The molecule has 0 radical (unpaired) electrons. The second-order valence-corrected chi connectivity index (χ2v) is 4.78. The Balaban J connectivity index is 2.12. The van der Waals surface area contributed by atoms with E-state index < -0.39 is 11.9 Å². The van der Waals surface area contributed by atoms with E-state index in [0.29, 0.717) is 12.2 Å². The van der Waals surface area contributed by atoms with Gasteiger partial charge in [0.25, 0.3) is 5.91 Å². The molecule has 22 heavy (non-hydrogen) atoms. The molecule has 0 aliphatic carbocycles. The lowest BCUT2D eigenvalue weighted by atomic mass is 10.2. The van der Waals surface area contributed by atoms with Crippen LogP contribution in [0.15, 0.2) is 48.5 Å². The van der Waals surface area contributed by atoms with Gasteiger partial charge in [0.05, 0.1) is 0 Å². The maximum atomic E-state index is 13.1. The molecule has 0 bridgehead atoms.